The van der Waals surface area contributed by atoms with Gasteiger partial charge in [-0.1, -0.05) is 23.7 Å². The summed E-state index contributed by atoms with van der Waals surface area (Å²) in [4.78, 5) is 15.0. The van der Waals surface area contributed by atoms with Crippen molar-refractivity contribution in [2.45, 2.75) is 0 Å². The fourth-order valence-electron chi connectivity index (χ4n) is 2.15. The summed E-state index contributed by atoms with van der Waals surface area (Å²) in [6.07, 6.45) is 0. The van der Waals surface area contributed by atoms with Gasteiger partial charge in [0.15, 0.2) is 17.1 Å². The normalized spacial score (nSPS) is 10.9. The number of nitriles is 1. The maximum absolute atomic E-state index is 14.2. The van der Waals surface area contributed by atoms with E-state index < -0.39 is 33.0 Å². The molecular weight excluding hydrogens is 286 g/mol. The SMILES string of the molecule is N#Cc1c(F)c(Cl)c2[nH]c3ccccc3c(=O)c2c1F. The molecule has 1 aromatic heterocycles. The Kier molecular flexibility index (Phi) is 2.70. The van der Waals surface area contributed by atoms with Gasteiger partial charge in [0.05, 0.1) is 10.9 Å². The highest BCUT2D eigenvalue weighted by Crippen LogP contribution is 2.30. The first-order valence-electron chi connectivity index (χ1n) is 5.57. The summed E-state index contributed by atoms with van der Waals surface area (Å²) in [6, 6.07) is 7.79. The number of aromatic amines is 1. The maximum atomic E-state index is 14.2. The number of aromatic nitrogens is 1. The van der Waals surface area contributed by atoms with Gasteiger partial charge in [-0.05, 0) is 12.1 Å². The Morgan fingerprint density at radius 2 is 1.90 bits per heavy atom. The van der Waals surface area contributed by atoms with Crippen molar-refractivity contribution >= 4 is 33.4 Å². The Balaban J connectivity index is 2.71. The van der Waals surface area contributed by atoms with Crippen molar-refractivity contribution in [2.75, 3.05) is 0 Å². The van der Waals surface area contributed by atoms with E-state index in [4.69, 9.17) is 16.9 Å². The number of rotatable bonds is 0. The molecule has 1 N–H and O–H groups in total. The molecule has 0 spiro atoms. The summed E-state index contributed by atoms with van der Waals surface area (Å²) in [7, 11) is 0. The molecule has 0 atom stereocenters. The van der Waals surface area contributed by atoms with Crippen LogP contribution in [0.1, 0.15) is 5.56 Å². The summed E-state index contributed by atoms with van der Waals surface area (Å²) in [6.45, 7) is 0. The van der Waals surface area contributed by atoms with Crippen LogP contribution in [-0.2, 0) is 0 Å². The van der Waals surface area contributed by atoms with Crippen molar-refractivity contribution in [3.05, 3.63) is 56.7 Å². The second-order valence-corrected chi connectivity index (χ2v) is 4.56. The lowest BCUT2D eigenvalue weighted by Gasteiger charge is -2.07. The summed E-state index contributed by atoms with van der Waals surface area (Å²) in [5.74, 6) is -2.37. The zero-order valence-electron chi connectivity index (χ0n) is 9.80. The molecule has 0 saturated carbocycles. The first-order valence-corrected chi connectivity index (χ1v) is 5.95. The average Bonchev–Trinajstić information content (AvgIpc) is 2.45. The van der Waals surface area contributed by atoms with Gasteiger partial charge < -0.3 is 4.98 Å². The van der Waals surface area contributed by atoms with E-state index >= 15 is 0 Å². The third-order valence-electron chi connectivity index (χ3n) is 3.09. The topological polar surface area (TPSA) is 56.6 Å². The minimum Gasteiger partial charge on any atom is -0.353 e. The van der Waals surface area contributed by atoms with Gasteiger partial charge in [-0.15, -0.1) is 0 Å². The lowest BCUT2D eigenvalue weighted by atomic mass is 10.1. The van der Waals surface area contributed by atoms with Crippen LogP contribution in [0.2, 0.25) is 5.02 Å². The van der Waals surface area contributed by atoms with Crippen LogP contribution in [0.25, 0.3) is 21.8 Å². The van der Waals surface area contributed by atoms with E-state index in [0.29, 0.717) is 5.52 Å². The summed E-state index contributed by atoms with van der Waals surface area (Å²) < 4.78 is 28.0. The van der Waals surface area contributed by atoms with Crippen LogP contribution in [0.4, 0.5) is 8.78 Å². The average molecular weight is 291 g/mol. The van der Waals surface area contributed by atoms with Crippen LogP contribution in [-0.4, -0.2) is 4.98 Å². The monoisotopic (exact) mass is 290 g/mol. The first-order chi connectivity index (χ1) is 9.56. The van der Waals surface area contributed by atoms with Crippen LogP contribution in [0.15, 0.2) is 29.1 Å². The van der Waals surface area contributed by atoms with E-state index in [9.17, 15) is 13.6 Å². The largest absolute Gasteiger partial charge is 0.353 e. The highest BCUT2D eigenvalue weighted by Gasteiger charge is 2.22. The van der Waals surface area contributed by atoms with Gasteiger partial charge in [0.1, 0.15) is 16.7 Å². The third-order valence-corrected chi connectivity index (χ3v) is 3.45. The lowest BCUT2D eigenvalue weighted by molar-refractivity contribution is 0.585. The molecule has 6 heteroatoms. The third kappa shape index (κ3) is 1.52. The second-order valence-electron chi connectivity index (χ2n) is 4.18. The number of nitrogens with zero attached hydrogens (tertiary/aromatic N) is 1. The predicted octanol–water partition coefficient (Wildman–Crippen LogP) is 3.48. The molecule has 20 heavy (non-hydrogen) atoms. The Morgan fingerprint density at radius 1 is 1.20 bits per heavy atom. The quantitative estimate of drug-likeness (QED) is 0.509. The number of H-pyrrole nitrogens is 1. The van der Waals surface area contributed by atoms with Gasteiger partial charge >= 0.3 is 0 Å². The number of fused-ring (bicyclic) bond motifs is 2. The van der Waals surface area contributed by atoms with Crippen molar-refractivity contribution in [3.8, 4) is 6.07 Å². The van der Waals surface area contributed by atoms with Crippen LogP contribution < -0.4 is 5.43 Å². The fraction of sp³-hybridized carbons (Fsp3) is 0. The molecule has 2 aromatic carbocycles. The van der Waals surface area contributed by atoms with Gasteiger partial charge in [-0.25, -0.2) is 8.78 Å². The van der Waals surface area contributed by atoms with E-state index in [0.717, 1.165) is 0 Å². The number of halogens is 3. The zero-order chi connectivity index (χ0) is 14.4. The molecule has 0 aliphatic heterocycles. The van der Waals surface area contributed by atoms with Gasteiger partial charge in [0, 0.05) is 10.9 Å². The standard InChI is InChI=1S/C14H5ClF2N2O/c15-10-12(17)7(5-18)11(16)9-13(10)19-8-4-2-1-3-6(8)14(9)20/h1-4H,(H,19,20). The number of benzene rings is 2. The Hall–Kier alpha value is -2.45. The molecule has 0 saturated heterocycles. The molecule has 0 aliphatic carbocycles. The van der Waals surface area contributed by atoms with Gasteiger partial charge in [-0.2, -0.15) is 5.26 Å². The first kappa shape index (κ1) is 12.6. The summed E-state index contributed by atoms with van der Waals surface area (Å²) in [5.41, 5.74) is -1.23. The smallest absolute Gasteiger partial charge is 0.200 e. The molecule has 3 aromatic rings. The number of pyridine rings is 1. The Morgan fingerprint density at radius 3 is 2.60 bits per heavy atom. The summed E-state index contributed by atoms with van der Waals surface area (Å²) >= 11 is 5.79. The van der Waals surface area contributed by atoms with Crippen LogP contribution in [0.3, 0.4) is 0 Å². The fourth-order valence-corrected chi connectivity index (χ4v) is 2.38. The minimum atomic E-state index is -1.20. The van der Waals surface area contributed by atoms with Crippen molar-refractivity contribution in [2.24, 2.45) is 0 Å². The molecule has 0 fully saturated rings. The lowest BCUT2D eigenvalue weighted by Crippen LogP contribution is -2.09. The molecule has 98 valence electrons. The van der Waals surface area contributed by atoms with Crippen molar-refractivity contribution < 1.29 is 8.78 Å². The van der Waals surface area contributed by atoms with Crippen molar-refractivity contribution in [1.29, 1.82) is 5.26 Å². The van der Waals surface area contributed by atoms with E-state index in [1.807, 2.05) is 0 Å². The second kappa shape index (κ2) is 4.29. The maximum Gasteiger partial charge on any atom is 0.200 e. The van der Waals surface area contributed by atoms with Crippen LogP contribution >= 0.6 is 11.6 Å². The van der Waals surface area contributed by atoms with Gasteiger partial charge in [-0.3, -0.25) is 4.79 Å². The van der Waals surface area contributed by atoms with Crippen molar-refractivity contribution in [3.63, 3.8) is 0 Å². The molecule has 0 bridgehead atoms. The predicted molar refractivity (Wildman–Crippen MR) is 71.7 cm³/mol. The van der Waals surface area contributed by atoms with Crippen LogP contribution in [0.5, 0.6) is 0 Å². The highest BCUT2D eigenvalue weighted by molar-refractivity contribution is 6.35. The number of hydrogen-bond acceptors (Lipinski definition) is 2. The minimum absolute atomic E-state index is 0.149. The van der Waals surface area contributed by atoms with Gasteiger partial charge in [0.2, 0.25) is 0 Å². The molecular formula is C14H5ClF2N2O. The zero-order valence-corrected chi connectivity index (χ0v) is 10.6. The van der Waals surface area contributed by atoms with E-state index in [1.54, 1.807) is 18.2 Å². The van der Waals surface area contributed by atoms with Gasteiger partial charge in [0.25, 0.3) is 0 Å². The Labute approximate surface area is 116 Å². The Bertz CT molecular complexity index is 973. The molecule has 0 amide bonds. The summed E-state index contributed by atoms with van der Waals surface area (Å²) in [5, 5.41) is 8.15. The molecule has 0 radical (unpaired) electrons. The van der Waals surface area contributed by atoms with Crippen LogP contribution in [0, 0.1) is 23.0 Å². The molecule has 1 heterocycles. The number of hydrogen-bond donors (Lipinski definition) is 1. The molecule has 3 rings (SSSR count). The molecule has 3 nitrogen and oxygen atoms in total. The van der Waals surface area contributed by atoms with E-state index in [-0.39, 0.29) is 10.9 Å². The molecule has 0 unspecified atom stereocenters. The number of nitrogens with one attached hydrogen (secondary N) is 1. The van der Waals surface area contributed by atoms with Crippen molar-refractivity contribution in [1.82, 2.24) is 4.98 Å². The molecule has 0 aliphatic rings. The van der Waals surface area contributed by atoms with E-state index in [2.05, 4.69) is 4.98 Å². The van der Waals surface area contributed by atoms with E-state index in [1.165, 1.54) is 12.1 Å². The highest BCUT2D eigenvalue weighted by atomic mass is 35.5. The number of para-hydroxylation sites is 1.